The van der Waals surface area contributed by atoms with Crippen LogP contribution in [0.2, 0.25) is 0 Å². The summed E-state index contributed by atoms with van der Waals surface area (Å²) in [5.74, 6) is -0.116. The van der Waals surface area contributed by atoms with Crippen LogP contribution in [0.1, 0.15) is 16.1 Å². The standard InChI is InChI=1S/C17H12FNO2/c18-14-6-8-17(13(9-14)10-20)21-11-15-7-5-12-3-1-2-4-16(12)19-15/h1-10H,11H2. The molecule has 0 bridgehead atoms. The van der Waals surface area contributed by atoms with E-state index in [0.717, 1.165) is 22.7 Å². The van der Waals surface area contributed by atoms with E-state index >= 15 is 0 Å². The number of hydrogen-bond donors (Lipinski definition) is 0. The van der Waals surface area contributed by atoms with Gasteiger partial charge in [-0.15, -0.1) is 0 Å². The van der Waals surface area contributed by atoms with Crippen LogP contribution in [-0.4, -0.2) is 11.3 Å². The van der Waals surface area contributed by atoms with E-state index in [1.165, 1.54) is 12.1 Å². The lowest BCUT2D eigenvalue weighted by molar-refractivity contribution is 0.111. The van der Waals surface area contributed by atoms with E-state index in [9.17, 15) is 9.18 Å². The van der Waals surface area contributed by atoms with Gasteiger partial charge >= 0.3 is 0 Å². The van der Waals surface area contributed by atoms with Crippen molar-refractivity contribution in [1.82, 2.24) is 4.98 Å². The number of hydrogen-bond acceptors (Lipinski definition) is 3. The number of fused-ring (bicyclic) bond motifs is 1. The van der Waals surface area contributed by atoms with Crippen LogP contribution < -0.4 is 4.74 Å². The van der Waals surface area contributed by atoms with Gasteiger partial charge in [-0.25, -0.2) is 9.37 Å². The third kappa shape index (κ3) is 2.89. The zero-order valence-electron chi connectivity index (χ0n) is 11.1. The van der Waals surface area contributed by atoms with Gasteiger partial charge < -0.3 is 4.74 Å². The summed E-state index contributed by atoms with van der Waals surface area (Å²) < 4.78 is 18.6. The van der Waals surface area contributed by atoms with E-state index in [0.29, 0.717) is 12.0 Å². The van der Waals surface area contributed by atoms with E-state index < -0.39 is 5.82 Å². The molecule has 0 aliphatic heterocycles. The van der Waals surface area contributed by atoms with Gasteiger partial charge in [0.25, 0.3) is 0 Å². The molecule has 3 rings (SSSR count). The van der Waals surface area contributed by atoms with E-state index in [4.69, 9.17) is 4.74 Å². The van der Waals surface area contributed by atoms with Crippen LogP contribution in [0.3, 0.4) is 0 Å². The summed E-state index contributed by atoms with van der Waals surface area (Å²) in [6, 6.07) is 15.5. The minimum absolute atomic E-state index is 0.191. The molecule has 1 heterocycles. The maximum Gasteiger partial charge on any atom is 0.153 e. The maximum absolute atomic E-state index is 13.0. The van der Waals surface area contributed by atoms with Crippen molar-refractivity contribution < 1.29 is 13.9 Å². The first-order valence-electron chi connectivity index (χ1n) is 6.48. The fourth-order valence-electron chi connectivity index (χ4n) is 2.08. The number of pyridine rings is 1. The number of nitrogens with zero attached hydrogens (tertiary/aromatic N) is 1. The number of carbonyl (C=O) groups is 1. The molecule has 2 aromatic carbocycles. The van der Waals surface area contributed by atoms with Gasteiger partial charge in [-0.05, 0) is 30.3 Å². The van der Waals surface area contributed by atoms with Gasteiger partial charge in [-0.1, -0.05) is 24.3 Å². The van der Waals surface area contributed by atoms with E-state index in [1.807, 2.05) is 36.4 Å². The molecule has 3 aromatic rings. The van der Waals surface area contributed by atoms with Gasteiger partial charge in [0.15, 0.2) is 6.29 Å². The van der Waals surface area contributed by atoms with Gasteiger partial charge in [-0.2, -0.15) is 0 Å². The van der Waals surface area contributed by atoms with E-state index in [2.05, 4.69) is 4.98 Å². The largest absolute Gasteiger partial charge is 0.487 e. The Bertz CT molecular complexity index is 802. The molecule has 0 aliphatic rings. The van der Waals surface area contributed by atoms with Crippen molar-refractivity contribution in [2.75, 3.05) is 0 Å². The molecule has 0 fully saturated rings. The lowest BCUT2D eigenvalue weighted by Crippen LogP contribution is -2.01. The van der Waals surface area contributed by atoms with Crippen LogP contribution in [0.5, 0.6) is 5.75 Å². The summed E-state index contributed by atoms with van der Waals surface area (Å²) >= 11 is 0. The van der Waals surface area contributed by atoms with Crippen LogP contribution in [0.15, 0.2) is 54.6 Å². The number of aromatic nitrogens is 1. The average Bonchev–Trinajstić information content (AvgIpc) is 2.53. The fourth-order valence-corrected chi connectivity index (χ4v) is 2.08. The number of carbonyl (C=O) groups excluding carboxylic acids is 1. The third-order valence-corrected chi connectivity index (χ3v) is 3.13. The summed E-state index contributed by atoms with van der Waals surface area (Å²) in [4.78, 5) is 15.4. The van der Waals surface area contributed by atoms with Gasteiger partial charge in [0.05, 0.1) is 16.8 Å². The molecule has 104 valence electrons. The van der Waals surface area contributed by atoms with Crippen molar-refractivity contribution in [2.45, 2.75) is 6.61 Å². The van der Waals surface area contributed by atoms with Gasteiger partial charge in [0.1, 0.15) is 18.2 Å². The molecular formula is C17H12FNO2. The topological polar surface area (TPSA) is 39.2 Å². The predicted octanol–water partition coefficient (Wildman–Crippen LogP) is 3.77. The highest BCUT2D eigenvalue weighted by molar-refractivity contribution is 5.79. The second-order valence-electron chi connectivity index (χ2n) is 4.58. The summed E-state index contributed by atoms with van der Waals surface area (Å²) in [5, 5.41) is 1.05. The van der Waals surface area contributed by atoms with Crippen molar-refractivity contribution in [3.05, 3.63) is 71.7 Å². The number of ether oxygens (including phenoxy) is 1. The molecule has 0 unspecified atom stereocenters. The first kappa shape index (κ1) is 13.2. The highest BCUT2D eigenvalue weighted by Crippen LogP contribution is 2.19. The fraction of sp³-hybridized carbons (Fsp3) is 0.0588. The molecule has 4 heteroatoms. The molecule has 0 N–H and O–H groups in total. The second-order valence-corrected chi connectivity index (χ2v) is 4.58. The first-order valence-corrected chi connectivity index (χ1v) is 6.48. The van der Waals surface area contributed by atoms with Crippen molar-refractivity contribution in [2.24, 2.45) is 0 Å². The smallest absolute Gasteiger partial charge is 0.153 e. The summed E-state index contributed by atoms with van der Waals surface area (Å²) in [6.07, 6.45) is 0.576. The lowest BCUT2D eigenvalue weighted by atomic mass is 10.2. The number of para-hydroxylation sites is 1. The number of rotatable bonds is 4. The predicted molar refractivity (Wildman–Crippen MR) is 77.9 cm³/mol. The van der Waals surface area contributed by atoms with E-state index in [1.54, 1.807) is 0 Å². The van der Waals surface area contributed by atoms with Crippen LogP contribution in [-0.2, 0) is 6.61 Å². The molecule has 21 heavy (non-hydrogen) atoms. The quantitative estimate of drug-likeness (QED) is 0.683. The Hall–Kier alpha value is -2.75. The highest BCUT2D eigenvalue weighted by atomic mass is 19.1. The van der Waals surface area contributed by atoms with Crippen molar-refractivity contribution >= 4 is 17.2 Å². The van der Waals surface area contributed by atoms with Crippen molar-refractivity contribution in [3.8, 4) is 5.75 Å². The molecule has 0 saturated carbocycles. The Morgan fingerprint density at radius 3 is 2.81 bits per heavy atom. The molecule has 0 saturated heterocycles. The number of aldehydes is 1. The zero-order valence-corrected chi connectivity index (χ0v) is 11.1. The van der Waals surface area contributed by atoms with Gasteiger partial charge in [0.2, 0.25) is 0 Å². The number of benzene rings is 2. The van der Waals surface area contributed by atoms with Crippen LogP contribution >= 0.6 is 0 Å². The summed E-state index contributed by atoms with van der Waals surface area (Å²) in [7, 11) is 0. The highest BCUT2D eigenvalue weighted by Gasteiger charge is 2.06. The van der Waals surface area contributed by atoms with Crippen LogP contribution in [0.4, 0.5) is 4.39 Å². The summed E-state index contributed by atoms with van der Waals surface area (Å²) in [6.45, 7) is 0.220. The molecule has 0 atom stereocenters. The molecule has 3 nitrogen and oxygen atoms in total. The van der Waals surface area contributed by atoms with Crippen LogP contribution in [0.25, 0.3) is 10.9 Å². The van der Waals surface area contributed by atoms with E-state index in [-0.39, 0.29) is 12.2 Å². The van der Waals surface area contributed by atoms with Gasteiger partial charge in [-0.3, -0.25) is 4.79 Å². The lowest BCUT2D eigenvalue weighted by Gasteiger charge is -2.08. The molecule has 0 radical (unpaired) electrons. The van der Waals surface area contributed by atoms with Crippen LogP contribution in [0, 0.1) is 5.82 Å². The third-order valence-electron chi connectivity index (χ3n) is 3.13. The van der Waals surface area contributed by atoms with Crippen molar-refractivity contribution in [3.63, 3.8) is 0 Å². The van der Waals surface area contributed by atoms with Gasteiger partial charge in [0, 0.05) is 5.39 Å². The Labute approximate surface area is 121 Å². The Morgan fingerprint density at radius 1 is 1.10 bits per heavy atom. The van der Waals surface area contributed by atoms with Crippen molar-refractivity contribution in [1.29, 1.82) is 0 Å². The SMILES string of the molecule is O=Cc1cc(F)ccc1OCc1ccc2ccccc2n1. The zero-order chi connectivity index (χ0) is 14.7. The second kappa shape index (κ2) is 5.71. The summed E-state index contributed by atoms with van der Waals surface area (Å²) in [5.41, 5.74) is 1.82. The monoisotopic (exact) mass is 281 g/mol. The average molecular weight is 281 g/mol. The molecular weight excluding hydrogens is 269 g/mol. The first-order chi connectivity index (χ1) is 10.3. The number of halogens is 1. The molecule has 0 aliphatic carbocycles. The molecule has 0 spiro atoms. The Morgan fingerprint density at radius 2 is 1.95 bits per heavy atom. The molecule has 1 aromatic heterocycles. The normalized spacial score (nSPS) is 10.5. The minimum Gasteiger partial charge on any atom is -0.487 e. The minimum atomic E-state index is -0.465. The maximum atomic E-state index is 13.0. The Balaban J connectivity index is 1.81. The molecule has 0 amide bonds. The Kier molecular flexibility index (Phi) is 3.60.